The highest BCUT2D eigenvalue weighted by atomic mass is 32.2. The van der Waals surface area contributed by atoms with Gasteiger partial charge in [-0.15, -0.1) is 0 Å². The summed E-state index contributed by atoms with van der Waals surface area (Å²) in [4.78, 5) is 75.8. The summed E-state index contributed by atoms with van der Waals surface area (Å²) < 4.78 is 0.366. The Hall–Kier alpha value is -3.08. The molecule has 4 amide bonds. The zero-order valence-corrected chi connectivity index (χ0v) is 22.0. The van der Waals surface area contributed by atoms with Gasteiger partial charge in [0.25, 0.3) is 23.6 Å². The predicted octanol–water partition coefficient (Wildman–Crippen LogP) is 1.59. The van der Waals surface area contributed by atoms with E-state index in [0.29, 0.717) is 0 Å². The van der Waals surface area contributed by atoms with E-state index < -0.39 is 35.6 Å². The van der Waals surface area contributed by atoms with Gasteiger partial charge in [-0.1, -0.05) is 47.0 Å². The first-order valence-electron chi connectivity index (χ1n) is 9.89. The van der Waals surface area contributed by atoms with Crippen molar-refractivity contribution in [3.8, 4) is 0 Å². The number of benzene rings is 1. The lowest BCUT2D eigenvalue weighted by atomic mass is 10.1. The molecular weight excluding hydrogens is 553 g/mol. The first kappa shape index (κ1) is 24.6. The van der Waals surface area contributed by atoms with Crippen molar-refractivity contribution >= 4 is 82.6 Å². The molecule has 0 atom stereocenters. The molecule has 4 heterocycles. The first-order valence-corrected chi connectivity index (χ1v) is 13.2. The number of likely N-dealkylation sites (N-methyl/N-ethyl adjacent to an activating group) is 4. The maximum Gasteiger partial charge on any atom is 0.338 e. The standard InChI is InChI=1S/C20H14N4O8S4/c1-21-13(25)7(14(26)22(21)2)19-33-9-5(17(29)30)11-12(6(18(31)32)10(9)34-19)36-20(35-11)8-15(27)23(3)24(4)16(8)28/h1-4H3,(H,29,30)(H,31,32). The second-order valence-electron chi connectivity index (χ2n) is 7.73. The fraction of sp³-hybridized carbons (Fsp3) is 0.200. The summed E-state index contributed by atoms with van der Waals surface area (Å²) >= 11 is 3.39. The molecule has 4 aliphatic rings. The molecule has 0 spiro atoms. The van der Waals surface area contributed by atoms with Gasteiger partial charge in [-0.05, 0) is 0 Å². The van der Waals surface area contributed by atoms with Crippen LogP contribution in [0.15, 0.2) is 39.2 Å². The molecule has 2 fully saturated rings. The summed E-state index contributed by atoms with van der Waals surface area (Å²) in [5, 5.41) is 24.6. The van der Waals surface area contributed by atoms with Crippen molar-refractivity contribution in [1.29, 1.82) is 0 Å². The van der Waals surface area contributed by atoms with Crippen LogP contribution in [-0.2, 0) is 19.2 Å². The molecule has 2 saturated heterocycles. The van der Waals surface area contributed by atoms with Gasteiger partial charge >= 0.3 is 11.9 Å². The monoisotopic (exact) mass is 566 g/mol. The van der Waals surface area contributed by atoms with Crippen LogP contribution in [0.2, 0.25) is 0 Å². The van der Waals surface area contributed by atoms with Crippen molar-refractivity contribution in [2.75, 3.05) is 28.2 Å². The van der Waals surface area contributed by atoms with Gasteiger partial charge < -0.3 is 10.2 Å². The molecule has 0 bridgehead atoms. The van der Waals surface area contributed by atoms with Crippen LogP contribution in [0.1, 0.15) is 20.7 Å². The Morgan fingerprint density at radius 3 is 0.944 bits per heavy atom. The summed E-state index contributed by atoms with van der Waals surface area (Å²) in [5.41, 5.74) is -0.776. The summed E-state index contributed by atoms with van der Waals surface area (Å²) in [5.74, 6) is -5.06. The van der Waals surface area contributed by atoms with E-state index >= 15 is 0 Å². The highest BCUT2D eigenvalue weighted by molar-refractivity contribution is 8.26. The summed E-state index contributed by atoms with van der Waals surface area (Å²) in [6.07, 6.45) is 0. The Kier molecular flexibility index (Phi) is 5.62. The molecule has 36 heavy (non-hydrogen) atoms. The van der Waals surface area contributed by atoms with Crippen LogP contribution in [0.3, 0.4) is 0 Å². The predicted molar refractivity (Wildman–Crippen MR) is 129 cm³/mol. The molecule has 4 aliphatic heterocycles. The van der Waals surface area contributed by atoms with Crippen LogP contribution in [0.25, 0.3) is 0 Å². The smallest absolute Gasteiger partial charge is 0.338 e. The van der Waals surface area contributed by atoms with Crippen molar-refractivity contribution in [2.24, 2.45) is 0 Å². The minimum atomic E-state index is -1.35. The highest BCUT2D eigenvalue weighted by Crippen LogP contribution is 2.64. The van der Waals surface area contributed by atoms with Crippen molar-refractivity contribution in [3.05, 3.63) is 30.7 Å². The number of carbonyl (C=O) groups excluding carboxylic acids is 4. The van der Waals surface area contributed by atoms with Crippen LogP contribution in [0, 0.1) is 0 Å². The average molecular weight is 567 g/mol. The number of carboxylic acids is 2. The quantitative estimate of drug-likeness (QED) is 0.394. The Morgan fingerprint density at radius 1 is 0.528 bits per heavy atom. The number of hydrazine groups is 2. The number of aromatic carboxylic acids is 2. The molecule has 1 aromatic rings. The molecule has 0 unspecified atom stereocenters. The van der Waals surface area contributed by atoms with Gasteiger partial charge in [0.2, 0.25) is 0 Å². The lowest BCUT2D eigenvalue weighted by molar-refractivity contribution is -0.141. The molecule has 16 heteroatoms. The zero-order valence-electron chi connectivity index (χ0n) is 18.8. The Morgan fingerprint density at radius 2 is 0.750 bits per heavy atom. The van der Waals surface area contributed by atoms with Crippen molar-refractivity contribution in [2.45, 2.75) is 19.6 Å². The topological polar surface area (TPSA) is 156 Å². The molecule has 12 nitrogen and oxygen atoms in total. The molecule has 0 aliphatic carbocycles. The molecule has 5 rings (SSSR count). The third kappa shape index (κ3) is 3.21. The van der Waals surface area contributed by atoms with Crippen LogP contribution < -0.4 is 0 Å². The number of carbonyl (C=O) groups is 6. The Bertz CT molecular complexity index is 1260. The Balaban J connectivity index is 1.71. The van der Waals surface area contributed by atoms with E-state index in [1.54, 1.807) is 0 Å². The third-order valence-electron chi connectivity index (χ3n) is 5.87. The minimum absolute atomic E-state index is 0.0848. The molecule has 0 saturated carbocycles. The maximum absolute atomic E-state index is 12.7. The maximum atomic E-state index is 12.7. The fourth-order valence-electron chi connectivity index (χ4n) is 3.78. The second-order valence-corrected chi connectivity index (χ2v) is 12.3. The van der Waals surface area contributed by atoms with E-state index in [9.17, 15) is 39.0 Å². The molecular formula is C20H14N4O8S4. The van der Waals surface area contributed by atoms with Gasteiger partial charge in [0.05, 0.1) is 19.6 Å². The van der Waals surface area contributed by atoms with E-state index in [2.05, 4.69) is 0 Å². The molecule has 186 valence electrons. The van der Waals surface area contributed by atoms with E-state index in [0.717, 1.165) is 67.1 Å². The fourth-order valence-corrected chi connectivity index (χ4v) is 9.53. The number of hydrogen-bond acceptors (Lipinski definition) is 10. The van der Waals surface area contributed by atoms with E-state index in [1.165, 1.54) is 28.2 Å². The summed E-state index contributed by atoms with van der Waals surface area (Å²) in [6.45, 7) is 0. The number of rotatable bonds is 2. The van der Waals surface area contributed by atoms with Crippen molar-refractivity contribution in [1.82, 2.24) is 20.0 Å². The van der Waals surface area contributed by atoms with Gasteiger partial charge in [-0.25, -0.2) is 9.59 Å². The van der Waals surface area contributed by atoms with E-state index in [-0.39, 0.29) is 50.3 Å². The van der Waals surface area contributed by atoms with Crippen LogP contribution in [0.5, 0.6) is 0 Å². The molecule has 0 radical (unpaired) electrons. The van der Waals surface area contributed by atoms with Gasteiger partial charge in [0.15, 0.2) is 0 Å². The number of nitrogens with zero attached hydrogens (tertiary/aromatic N) is 4. The van der Waals surface area contributed by atoms with Gasteiger partial charge in [-0.2, -0.15) is 0 Å². The normalized spacial score (nSPS) is 19.4. The van der Waals surface area contributed by atoms with Gasteiger partial charge in [0, 0.05) is 47.8 Å². The summed E-state index contributed by atoms with van der Waals surface area (Å²) in [7, 11) is 5.64. The summed E-state index contributed by atoms with van der Waals surface area (Å²) in [6, 6.07) is 0. The first-order chi connectivity index (χ1) is 16.9. The van der Waals surface area contributed by atoms with Gasteiger partial charge in [-0.3, -0.25) is 39.2 Å². The number of amides is 4. The van der Waals surface area contributed by atoms with Crippen molar-refractivity contribution in [3.63, 3.8) is 0 Å². The minimum Gasteiger partial charge on any atom is -0.478 e. The number of carboxylic acid groups (broad SMARTS) is 2. The number of hydrogen-bond donors (Lipinski definition) is 2. The molecule has 2 N–H and O–H groups in total. The largest absolute Gasteiger partial charge is 0.478 e. The Labute approximate surface area is 219 Å². The van der Waals surface area contributed by atoms with E-state index in [1.807, 2.05) is 0 Å². The third-order valence-corrected chi connectivity index (χ3v) is 11.1. The van der Waals surface area contributed by atoms with Crippen LogP contribution in [0.4, 0.5) is 0 Å². The lowest BCUT2D eigenvalue weighted by Gasteiger charge is -2.16. The highest BCUT2D eigenvalue weighted by Gasteiger charge is 2.46. The van der Waals surface area contributed by atoms with Crippen LogP contribution in [-0.4, -0.2) is 94.0 Å². The molecule has 0 aromatic heterocycles. The van der Waals surface area contributed by atoms with Crippen LogP contribution >= 0.6 is 47.0 Å². The van der Waals surface area contributed by atoms with Gasteiger partial charge in [0.1, 0.15) is 11.1 Å². The zero-order chi connectivity index (χ0) is 26.4. The number of thioether (sulfide) groups is 4. The molecule has 1 aromatic carbocycles. The van der Waals surface area contributed by atoms with E-state index in [4.69, 9.17) is 0 Å². The van der Waals surface area contributed by atoms with Crippen molar-refractivity contribution < 1.29 is 39.0 Å². The second kappa shape index (κ2) is 8.22. The average Bonchev–Trinajstić information content (AvgIpc) is 3.51. The lowest BCUT2D eigenvalue weighted by Crippen LogP contribution is -2.33. The number of fused-ring (bicyclic) bond motifs is 2. The SMILES string of the molecule is CN1C(=O)C(=C2Sc3c(c(C(=O)O)c4c(c3C(=O)O)SC(=C3C(=O)N(C)N(C)C3=O)S4)S2)C(=O)N1C.